The molecule has 2 heterocycles. The van der Waals surface area contributed by atoms with Gasteiger partial charge in [-0.25, -0.2) is 4.39 Å². The number of hydrogen-bond donors (Lipinski definition) is 2. The molecule has 2 N–H and O–H groups in total. The lowest BCUT2D eigenvalue weighted by Crippen LogP contribution is -2.49. The number of nitrogens with one attached hydrogen (secondary N) is 2. The second-order valence-corrected chi connectivity index (χ2v) is 8.42. The van der Waals surface area contributed by atoms with Crippen LogP contribution in [0.2, 0.25) is 0 Å². The maximum Gasteiger partial charge on any atom is 0.243 e. The molecule has 2 aliphatic heterocycles. The zero-order valence-electron chi connectivity index (χ0n) is 17.5. The molecular formula is C23H34FN3O2. The minimum atomic E-state index is -0.209. The smallest absolute Gasteiger partial charge is 0.243 e. The lowest BCUT2D eigenvalue weighted by Gasteiger charge is -2.39. The summed E-state index contributed by atoms with van der Waals surface area (Å²) >= 11 is 0. The molecule has 1 aromatic carbocycles. The molecular weight excluding hydrogens is 369 g/mol. The van der Waals surface area contributed by atoms with Crippen LogP contribution in [0.4, 0.5) is 4.39 Å². The summed E-state index contributed by atoms with van der Waals surface area (Å²) in [5, 5.41) is 5.05. The van der Waals surface area contributed by atoms with Crippen LogP contribution in [0.15, 0.2) is 24.3 Å². The van der Waals surface area contributed by atoms with E-state index >= 15 is 0 Å². The molecule has 1 atom stereocenters. The standard InChI is InChI=1S/C17H24FN.C6H10N2O2/c18-17-9-5-4-8-16(17)14-10-12-19(13-11-14)15-6-2-1-3-7-15;1-7-4-2-3-5(9)8-6(4)10/h4-5,8-9,14-15H,1-3,6-7,10-13H2;4,7H,2-3H2,1H3,(H,8,9,10). The van der Waals surface area contributed by atoms with Gasteiger partial charge in [-0.15, -0.1) is 0 Å². The number of likely N-dealkylation sites (tertiary alicyclic amines) is 1. The summed E-state index contributed by atoms with van der Waals surface area (Å²) in [5.74, 6) is 0.0370. The van der Waals surface area contributed by atoms with Crippen LogP contribution >= 0.6 is 0 Å². The highest BCUT2D eigenvalue weighted by molar-refractivity contribution is 6.00. The zero-order chi connectivity index (χ0) is 20.6. The molecule has 2 saturated heterocycles. The molecule has 1 aliphatic carbocycles. The molecule has 1 saturated carbocycles. The third-order valence-corrected chi connectivity index (χ3v) is 6.55. The second-order valence-electron chi connectivity index (χ2n) is 8.42. The van der Waals surface area contributed by atoms with E-state index in [4.69, 9.17) is 0 Å². The van der Waals surface area contributed by atoms with Gasteiger partial charge in [0.1, 0.15) is 5.82 Å². The van der Waals surface area contributed by atoms with Gasteiger partial charge in [0, 0.05) is 12.5 Å². The predicted octanol–water partition coefficient (Wildman–Crippen LogP) is 3.35. The number of carbonyl (C=O) groups is 2. The Balaban J connectivity index is 0.000000204. The predicted molar refractivity (Wildman–Crippen MR) is 112 cm³/mol. The van der Waals surface area contributed by atoms with Gasteiger partial charge in [-0.3, -0.25) is 14.9 Å². The first-order valence-corrected chi connectivity index (χ1v) is 11.1. The Morgan fingerprint density at radius 2 is 1.69 bits per heavy atom. The van der Waals surface area contributed by atoms with Gasteiger partial charge in [0.25, 0.3) is 0 Å². The summed E-state index contributed by atoms with van der Waals surface area (Å²) in [6, 6.07) is 7.95. The summed E-state index contributed by atoms with van der Waals surface area (Å²) in [5.41, 5.74) is 0.936. The Morgan fingerprint density at radius 1 is 1.00 bits per heavy atom. The van der Waals surface area contributed by atoms with Crippen molar-refractivity contribution < 1.29 is 14.0 Å². The van der Waals surface area contributed by atoms with Crippen molar-refractivity contribution in [3.63, 3.8) is 0 Å². The average Bonchev–Trinajstić information content (AvgIpc) is 2.75. The van der Waals surface area contributed by atoms with Crippen LogP contribution in [0.25, 0.3) is 0 Å². The van der Waals surface area contributed by atoms with Gasteiger partial charge < -0.3 is 10.2 Å². The Hall–Kier alpha value is -1.79. The molecule has 1 aromatic rings. The number of rotatable bonds is 3. The second kappa shape index (κ2) is 10.8. The Kier molecular flexibility index (Phi) is 8.19. The molecule has 0 spiro atoms. The fourth-order valence-electron chi connectivity index (χ4n) is 4.80. The highest BCUT2D eigenvalue weighted by atomic mass is 19.1. The van der Waals surface area contributed by atoms with Gasteiger partial charge >= 0.3 is 0 Å². The molecule has 1 unspecified atom stereocenters. The van der Waals surface area contributed by atoms with E-state index in [1.54, 1.807) is 19.2 Å². The van der Waals surface area contributed by atoms with Crippen LogP contribution in [0.5, 0.6) is 0 Å². The molecule has 5 nitrogen and oxygen atoms in total. The summed E-state index contributed by atoms with van der Waals surface area (Å²) in [4.78, 5) is 24.1. The molecule has 2 amide bonds. The van der Waals surface area contributed by atoms with E-state index in [0.29, 0.717) is 18.8 Å². The fraction of sp³-hybridized carbons (Fsp3) is 0.652. The first-order chi connectivity index (χ1) is 14.1. The quantitative estimate of drug-likeness (QED) is 0.760. The van der Waals surface area contributed by atoms with E-state index in [9.17, 15) is 14.0 Å². The van der Waals surface area contributed by atoms with Crippen LogP contribution in [-0.4, -0.2) is 48.9 Å². The van der Waals surface area contributed by atoms with Crippen LogP contribution in [0.1, 0.15) is 69.3 Å². The van der Waals surface area contributed by atoms with E-state index in [1.807, 2.05) is 12.1 Å². The van der Waals surface area contributed by atoms with Gasteiger partial charge in [-0.2, -0.15) is 0 Å². The molecule has 0 aromatic heterocycles. The molecule has 4 rings (SSSR count). The molecule has 3 aliphatic rings. The third-order valence-electron chi connectivity index (χ3n) is 6.55. The SMILES string of the molecule is CNC1CCC(=O)NC1=O.Fc1ccccc1C1CCN(C2CCCCC2)CC1. The average molecular weight is 404 g/mol. The number of likely N-dealkylation sites (N-methyl/N-ethyl adjacent to an activating group) is 1. The lowest BCUT2D eigenvalue weighted by atomic mass is 9.86. The number of nitrogens with zero attached hydrogens (tertiary/aromatic N) is 1. The number of piperidine rings is 2. The molecule has 29 heavy (non-hydrogen) atoms. The van der Waals surface area contributed by atoms with Gasteiger partial charge in [0.05, 0.1) is 6.04 Å². The first-order valence-electron chi connectivity index (χ1n) is 11.1. The van der Waals surface area contributed by atoms with Gasteiger partial charge in [-0.1, -0.05) is 37.5 Å². The van der Waals surface area contributed by atoms with Gasteiger partial charge in [-0.05, 0) is 69.8 Å². The van der Waals surface area contributed by atoms with Crippen molar-refractivity contribution in [1.29, 1.82) is 0 Å². The van der Waals surface area contributed by atoms with Crippen molar-refractivity contribution in [1.82, 2.24) is 15.5 Å². The zero-order valence-corrected chi connectivity index (χ0v) is 17.5. The largest absolute Gasteiger partial charge is 0.309 e. The normalized spacial score (nSPS) is 24.6. The number of imide groups is 1. The molecule has 6 heteroatoms. The van der Waals surface area contributed by atoms with Crippen molar-refractivity contribution in [3.8, 4) is 0 Å². The molecule has 160 valence electrons. The summed E-state index contributed by atoms with van der Waals surface area (Å²) in [7, 11) is 1.71. The van der Waals surface area contributed by atoms with Crippen molar-refractivity contribution in [3.05, 3.63) is 35.6 Å². The summed E-state index contributed by atoms with van der Waals surface area (Å²) in [6.45, 7) is 2.31. The van der Waals surface area contributed by atoms with Crippen molar-refractivity contribution >= 4 is 11.8 Å². The van der Waals surface area contributed by atoms with Gasteiger partial charge in [0.2, 0.25) is 11.8 Å². The van der Waals surface area contributed by atoms with E-state index in [1.165, 1.54) is 32.1 Å². The highest BCUT2D eigenvalue weighted by Gasteiger charge is 2.27. The van der Waals surface area contributed by atoms with Crippen LogP contribution in [-0.2, 0) is 9.59 Å². The summed E-state index contributed by atoms with van der Waals surface area (Å²) in [6.07, 6.45) is 10.3. The van der Waals surface area contributed by atoms with Gasteiger partial charge in [0.15, 0.2) is 0 Å². The van der Waals surface area contributed by atoms with E-state index in [0.717, 1.165) is 37.5 Å². The minimum absolute atomic E-state index is 0.0152. The number of amides is 2. The van der Waals surface area contributed by atoms with E-state index in [2.05, 4.69) is 15.5 Å². The van der Waals surface area contributed by atoms with Crippen molar-refractivity contribution in [2.24, 2.45) is 0 Å². The molecule has 0 radical (unpaired) electrons. The third kappa shape index (κ3) is 6.09. The van der Waals surface area contributed by atoms with Crippen LogP contribution in [0.3, 0.4) is 0 Å². The topological polar surface area (TPSA) is 61.4 Å². The number of hydrogen-bond acceptors (Lipinski definition) is 4. The highest BCUT2D eigenvalue weighted by Crippen LogP contribution is 2.32. The Bertz CT molecular complexity index is 682. The fourth-order valence-corrected chi connectivity index (χ4v) is 4.80. The first kappa shape index (κ1) is 21.9. The molecule has 0 bridgehead atoms. The van der Waals surface area contributed by atoms with Crippen molar-refractivity contribution in [2.45, 2.75) is 75.8 Å². The van der Waals surface area contributed by atoms with Crippen molar-refractivity contribution in [2.75, 3.05) is 20.1 Å². The van der Waals surface area contributed by atoms with E-state index < -0.39 is 0 Å². The maximum atomic E-state index is 13.8. The molecule has 3 fully saturated rings. The Labute approximate surface area is 173 Å². The Morgan fingerprint density at radius 3 is 2.31 bits per heavy atom. The minimum Gasteiger partial charge on any atom is -0.309 e. The number of carbonyl (C=O) groups excluding carboxylic acids is 2. The number of halogens is 1. The summed E-state index contributed by atoms with van der Waals surface area (Å²) < 4.78 is 13.8. The van der Waals surface area contributed by atoms with E-state index in [-0.39, 0.29) is 23.7 Å². The monoisotopic (exact) mass is 403 g/mol. The van der Waals surface area contributed by atoms with Crippen LogP contribution < -0.4 is 10.6 Å². The maximum absolute atomic E-state index is 13.8. The van der Waals surface area contributed by atoms with Crippen LogP contribution in [0, 0.1) is 5.82 Å². The lowest BCUT2D eigenvalue weighted by molar-refractivity contribution is -0.134. The number of benzene rings is 1.